The number of allylic oxidation sites excluding steroid dienone is 1. The molecule has 5 rings (SSSR count). The number of rotatable bonds is 3. The fourth-order valence-electron chi connectivity index (χ4n) is 5.50. The number of carbonyl (C=O) groups is 2. The monoisotopic (exact) mass is 436 g/mol. The van der Waals surface area contributed by atoms with Crippen LogP contribution in [0.4, 0.5) is 11.4 Å². The number of hydrogen-bond acceptors (Lipinski definition) is 5. The molecule has 2 heterocycles. The van der Waals surface area contributed by atoms with Gasteiger partial charge in [0, 0.05) is 41.2 Å². The van der Waals surface area contributed by atoms with E-state index in [0.717, 1.165) is 11.3 Å². The quantitative estimate of drug-likeness (QED) is 0.735. The maximum Gasteiger partial charge on any atom is 0.248 e. The van der Waals surface area contributed by atoms with Crippen LogP contribution in [0, 0.1) is 18.3 Å². The number of benzene rings is 2. The van der Waals surface area contributed by atoms with Crippen molar-refractivity contribution < 1.29 is 9.59 Å². The van der Waals surface area contributed by atoms with Crippen LogP contribution in [-0.4, -0.2) is 18.2 Å². The van der Waals surface area contributed by atoms with Crippen LogP contribution in [0.3, 0.4) is 0 Å². The van der Waals surface area contributed by atoms with Gasteiger partial charge >= 0.3 is 0 Å². The predicted molar refractivity (Wildman–Crippen MR) is 127 cm³/mol. The van der Waals surface area contributed by atoms with Crippen LogP contribution in [0.15, 0.2) is 83.9 Å². The molecule has 33 heavy (non-hydrogen) atoms. The number of nitrogens with two attached hydrogens (primary N) is 1. The molecule has 164 valence electrons. The molecule has 1 aliphatic carbocycles. The van der Waals surface area contributed by atoms with Gasteiger partial charge in [0.2, 0.25) is 5.91 Å². The second-order valence-electron chi connectivity index (χ2n) is 8.62. The Morgan fingerprint density at radius 1 is 1.18 bits per heavy atom. The number of fused-ring (bicyclic) bond motifs is 3. The first-order valence-electron chi connectivity index (χ1n) is 11.0. The molecule has 2 aliphatic heterocycles. The normalized spacial score (nSPS) is 21.9. The molecule has 0 saturated heterocycles. The smallest absolute Gasteiger partial charge is 0.248 e. The highest BCUT2D eigenvalue weighted by atomic mass is 16.2. The average molecular weight is 437 g/mol. The maximum absolute atomic E-state index is 14.2. The molecule has 0 aromatic heterocycles. The molecule has 0 fully saturated rings. The summed E-state index contributed by atoms with van der Waals surface area (Å²) in [6.45, 7) is 6.04. The molecule has 3 aliphatic rings. The van der Waals surface area contributed by atoms with Crippen molar-refractivity contribution in [1.29, 1.82) is 5.26 Å². The number of hydrogen-bond donors (Lipinski definition) is 1. The zero-order valence-electron chi connectivity index (χ0n) is 18.5. The first kappa shape index (κ1) is 20.8. The van der Waals surface area contributed by atoms with Crippen LogP contribution >= 0.6 is 0 Å². The Morgan fingerprint density at radius 3 is 2.70 bits per heavy atom. The summed E-state index contributed by atoms with van der Waals surface area (Å²) in [4.78, 5) is 31.1. The van der Waals surface area contributed by atoms with Crippen molar-refractivity contribution in [2.45, 2.75) is 31.6 Å². The van der Waals surface area contributed by atoms with Gasteiger partial charge in [-0.2, -0.15) is 5.26 Å². The van der Waals surface area contributed by atoms with Gasteiger partial charge in [-0.05, 0) is 43.5 Å². The molecule has 6 heteroatoms. The number of aryl methyl sites for hydroxylation is 1. The van der Waals surface area contributed by atoms with Crippen LogP contribution in [0.25, 0.3) is 0 Å². The summed E-state index contributed by atoms with van der Waals surface area (Å²) in [7, 11) is 0. The molecule has 1 amide bonds. The lowest BCUT2D eigenvalue weighted by Gasteiger charge is -2.43. The third-order valence-corrected chi connectivity index (χ3v) is 6.75. The van der Waals surface area contributed by atoms with E-state index < -0.39 is 5.41 Å². The van der Waals surface area contributed by atoms with Crippen molar-refractivity contribution >= 4 is 23.1 Å². The minimum absolute atomic E-state index is 0.0991. The Morgan fingerprint density at radius 2 is 1.97 bits per heavy atom. The van der Waals surface area contributed by atoms with Crippen LogP contribution in [0.2, 0.25) is 0 Å². The number of ketones is 1. The van der Waals surface area contributed by atoms with Gasteiger partial charge in [0.05, 0.1) is 5.57 Å². The van der Waals surface area contributed by atoms with Gasteiger partial charge in [-0.25, -0.2) is 0 Å². The fraction of sp³-hybridized carbons (Fsp3) is 0.222. The Labute approximate surface area is 192 Å². The van der Waals surface area contributed by atoms with Crippen LogP contribution in [-0.2, 0) is 15.0 Å². The Kier molecular flexibility index (Phi) is 4.71. The van der Waals surface area contributed by atoms with E-state index in [-0.39, 0.29) is 29.6 Å². The number of amides is 1. The predicted octanol–water partition coefficient (Wildman–Crippen LogP) is 3.99. The molecule has 0 saturated carbocycles. The topological polar surface area (TPSA) is 90.4 Å². The highest BCUT2D eigenvalue weighted by Crippen LogP contribution is 2.56. The molecule has 0 unspecified atom stereocenters. The molecular formula is C27H24N4O2. The minimum atomic E-state index is -1.54. The van der Waals surface area contributed by atoms with Gasteiger partial charge < -0.3 is 10.6 Å². The Hall–Kier alpha value is -4.11. The van der Waals surface area contributed by atoms with Crippen molar-refractivity contribution in [3.8, 4) is 6.07 Å². The summed E-state index contributed by atoms with van der Waals surface area (Å²) in [5.74, 6) is -0.243. The highest BCUT2D eigenvalue weighted by Gasteiger charge is 2.62. The molecule has 6 nitrogen and oxygen atoms in total. The van der Waals surface area contributed by atoms with Crippen LogP contribution in [0.1, 0.15) is 30.4 Å². The van der Waals surface area contributed by atoms with E-state index in [1.54, 1.807) is 15.9 Å². The number of nitrogens with zero attached hydrogens (tertiary/aromatic N) is 3. The lowest BCUT2D eigenvalue weighted by Crippen LogP contribution is -2.52. The van der Waals surface area contributed by atoms with Gasteiger partial charge in [0.25, 0.3) is 0 Å². The first-order valence-corrected chi connectivity index (χ1v) is 11.0. The standard InChI is InChI=1S/C27H24N4O2/c1-3-14-30-21-11-5-4-10-19(21)27(26(30)33)20(16-28)25(29)31(18-9-6-8-17(2)15-18)22-12-7-13-23(32)24(22)27/h3-6,8-11,15H,1,7,12-14,29H2,2H3/t27-/m1/s1. The van der Waals surface area contributed by atoms with Crippen molar-refractivity contribution in [2.75, 3.05) is 16.3 Å². The van der Waals surface area contributed by atoms with Gasteiger partial charge in [-0.1, -0.05) is 36.4 Å². The second kappa shape index (κ2) is 7.49. The SMILES string of the molecule is C=CCN1C(=O)[C@@]2(C(C#N)=C(N)N(c3cccc(C)c3)C3=C2C(=O)CCC3)c2ccccc21. The van der Waals surface area contributed by atoms with Gasteiger partial charge in [0.15, 0.2) is 5.78 Å². The number of Topliss-reactive ketones (excluding diaryl/α,β-unsaturated/α-hetero) is 1. The van der Waals surface area contributed by atoms with Gasteiger partial charge in [-0.3, -0.25) is 14.5 Å². The van der Waals surface area contributed by atoms with Gasteiger partial charge in [-0.15, -0.1) is 6.58 Å². The Balaban J connectivity index is 1.89. The van der Waals surface area contributed by atoms with E-state index in [1.807, 2.05) is 55.5 Å². The zero-order valence-corrected chi connectivity index (χ0v) is 18.5. The summed E-state index contributed by atoms with van der Waals surface area (Å²) in [5.41, 5.74) is 9.47. The molecule has 2 N–H and O–H groups in total. The van der Waals surface area contributed by atoms with Crippen molar-refractivity contribution in [3.63, 3.8) is 0 Å². The second-order valence-corrected chi connectivity index (χ2v) is 8.62. The van der Waals surface area contributed by atoms with Crippen LogP contribution < -0.4 is 15.5 Å². The third kappa shape index (κ3) is 2.66. The molecule has 0 radical (unpaired) electrons. The lowest BCUT2D eigenvalue weighted by atomic mass is 9.63. The molecule has 2 aromatic carbocycles. The lowest BCUT2D eigenvalue weighted by molar-refractivity contribution is -0.124. The molecule has 1 spiro atoms. The summed E-state index contributed by atoms with van der Waals surface area (Å²) in [5, 5.41) is 10.4. The molecular weight excluding hydrogens is 412 g/mol. The van der Waals surface area contributed by atoms with E-state index in [9.17, 15) is 14.9 Å². The molecule has 2 aromatic rings. The third-order valence-electron chi connectivity index (χ3n) is 6.75. The Bertz CT molecular complexity index is 1330. The summed E-state index contributed by atoms with van der Waals surface area (Å²) in [6.07, 6.45) is 3.23. The molecule has 0 bridgehead atoms. The summed E-state index contributed by atoms with van der Waals surface area (Å²) < 4.78 is 0. The van der Waals surface area contributed by atoms with Crippen molar-refractivity contribution in [1.82, 2.24) is 0 Å². The summed E-state index contributed by atoms with van der Waals surface area (Å²) in [6, 6.07) is 17.4. The summed E-state index contributed by atoms with van der Waals surface area (Å²) >= 11 is 0. The number of nitriles is 1. The average Bonchev–Trinajstić information content (AvgIpc) is 3.04. The first-order chi connectivity index (χ1) is 16.0. The van der Waals surface area contributed by atoms with E-state index in [4.69, 9.17) is 5.73 Å². The number of para-hydroxylation sites is 1. The van der Waals surface area contributed by atoms with E-state index in [2.05, 4.69) is 12.6 Å². The van der Waals surface area contributed by atoms with E-state index in [1.165, 1.54) is 0 Å². The zero-order chi connectivity index (χ0) is 23.3. The maximum atomic E-state index is 14.2. The van der Waals surface area contributed by atoms with Crippen molar-refractivity contribution in [3.05, 3.63) is 95.0 Å². The van der Waals surface area contributed by atoms with E-state index in [0.29, 0.717) is 41.8 Å². The van der Waals surface area contributed by atoms with Crippen molar-refractivity contribution in [2.24, 2.45) is 5.73 Å². The largest absolute Gasteiger partial charge is 0.384 e. The minimum Gasteiger partial charge on any atom is -0.384 e. The number of carbonyl (C=O) groups excluding carboxylic acids is 2. The number of anilines is 2. The van der Waals surface area contributed by atoms with E-state index >= 15 is 0 Å². The highest BCUT2D eigenvalue weighted by molar-refractivity contribution is 6.20. The van der Waals surface area contributed by atoms with Crippen LogP contribution in [0.5, 0.6) is 0 Å². The van der Waals surface area contributed by atoms with Gasteiger partial charge in [0.1, 0.15) is 17.3 Å². The molecule has 1 atom stereocenters. The fourth-order valence-corrected chi connectivity index (χ4v) is 5.50.